The summed E-state index contributed by atoms with van der Waals surface area (Å²) in [6.07, 6.45) is 0. The van der Waals surface area contributed by atoms with Crippen LogP contribution in [0.5, 0.6) is 0 Å². The van der Waals surface area contributed by atoms with Gasteiger partial charge in [-0.1, -0.05) is 47.1 Å². The Labute approximate surface area is 164 Å². The maximum absolute atomic E-state index is 12.1. The second-order valence-corrected chi connectivity index (χ2v) is 7.29. The van der Waals surface area contributed by atoms with E-state index in [1.165, 1.54) is 16.4 Å². The molecule has 0 bridgehead atoms. The topological polar surface area (TPSA) is 85.8 Å². The maximum Gasteiger partial charge on any atom is 0.234 e. The van der Waals surface area contributed by atoms with Crippen LogP contribution in [-0.2, 0) is 4.79 Å². The summed E-state index contributed by atoms with van der Waals surface area (Å²) in [5, 5.41) is 12.3. The minimum Gasteiger partial charge on any atom is -0.335 e. The summed E-state index contributed by atoms with van der Waals surface area (Å²) in [4.78, 5) is 12.1. The Morgan fingerprint density at radius 1 is 1.23 bits per heavy atom. The van der Waals surface area contributed by atoms with Gasteiger partial charge in [-0.25, -0.2) is 4.68 Å². The highest BCUT2D eigenvalue weighted by molar-refractivity contribution is 7.99. The third kappa shape index (κ3) is 4.30. The molecule has 1 aromatic heterocycles. The normalized spacial score (nSPS) is 10.7. The molecule has 0 aliphatic carbocycles. The number of carbonyl (C=O) groups is 1. The fourth-order valence-corrected chi connectivity index (χ4v) is 3.31. The SMILES string of the molecule is Cc1cccc(NC(=O)CSc2nnc(-c3cc(Cl)ccc3Cl)n2N)c1. The first-order valence-corrected chi connectivity index (χ1v) is 9.33. The van der Waals surface area contributed by atoms with Crippen LogP contribution in [0.3, 0.4) is 0 Å². The van der Waals surface area contributed by atoms with E-state index in [9.17, 15) is 4.79 Å². The molecule has 2 aromatic carbocycles. The van der Waals surface area contributed by atoms with Gasteiger partial charge >= 0.3 is 0 Å². The fraction of sp³-hybridized carbons (Fsp3) is 0.118. The van der Waals surface area contributed by atoms with Gasteiger partial charge in [0.15, 0.2) is 5.82 Å². The predicted molar refractivity (Wildman–Crippen MR) is 106 cm³/mol. The summed E-state index contributed by atoms with van der Waals surface area (Å²) in [6, 6.07) is 12.6. The zero-order chi connectivity index (χ0) is 18.7. The molecular weight excluding hydrogens is 393 g/mol. The van der Waals surface area contributed by atoms with E-state index in [-0.39, 0.29) is 11.7 Å². The number of aryl methyl sites for hydroxylation is 1. The van der Waals surface area contributed by atoms with Crippen molar-refractivity contribution in [2.24, 2.45) is 0 Å². The molecule has 1 heterocycles. The Morgan fingerprint density at radius 3 is 2.81 bits per heavy atom. The molecule has 134 valence electrons. The number of nitrogens with zero attached hydrogens (tertiary/aromatic N) is 3. The van der Waals surface area contributed by atoms with Gasteiger partial charge in [0.05, 0.1) is 10.8 Å². The molecule has 9 heteroatoms. The van der Waals surface area contributed by atoms with Gasteiger partial charge in [-0.2, -0.15) is 0 Å². The summed E-state index contributed by atoms with van der Waals surface area (Å²) < 4.78 is 1.29. The first kappa shape index (κ1) is 18.6. The van der Waals surface area contributed by atoms with Crippen LogP contribution < -0.4 is 11.2 Å². The molecule has 0 unspecified atom stereocenters. The zero-order valence-electron chi connectivity index (χ0n) is 13.7. The molecule has 0 atom stereocenters. The van der Waals surface area contributed by atoms with Gasteiger partial charge in [0.2, 0.25) is 11.1 Å². The molecule has 3 N–H and O–H groups in total. The van der Waals surface area contributed by atoms with Crippen molar-refractivity contribution in [2.75, 3.05) is 16.9 Å². The smallest absolute Gasteiger partial charge is 0.234 e. The Balaban J connectivity index is 1.69. The van der Waals surface area contributed by atoms with Crippen LogP contribution in [0.15, 0.2) is 47.6 Å². The highest BCUT2D eigenvalue weighted by Gasteiger charge is 2.16. The fourth-order valence-electron chi connectivity index (χ4n) is 2.28. The minimum absolute atomic E-state index is 0.145. The molecule has 1 amide bonds. The number of anilines is 1. The lowest BCUT2D eigenvalue weighted by molar-refractivity contribution is -0.113. The molecule has 3 rings (SSSR count). The van der Waals surface area contributed by atoms with Gasteiger partial charge < -0.3 is 11.2 Å². The number of nitrogens with one attached hydrogen (secondary N) is 1. The number of nitrogen functional groups attached to an aromatic ring is 1. The Morgan fingerprint density at radius 2 is 2.04 bits per heavy atom. The predicted octanol–water partition coefficient (Wildman–Crippen LogP) is 4.00. The van der Waals surface area contributed by atoms with E-state index in [0.29, 0.717) is 26.6 Å². The Kier molecular flexibility index (Phi) is 5.70. The van der Waals surface area contributed by atoms with Crippen LogP contribution in [-0.4, -0.2) is 26.5 Å². The monoisotopic (exact) mass is 407 g/mol. The third-order valence-corrected chi connectivity index (χ3v) is 4.98. The maximum atomic E-state index is 12.1. The van der Waals surface area contributed by atoms with Crippen molar-refractivity contribution >= 4 is 46.6 Å². The highest BCUT2D eigenvalue weighted by Crippen LogP contribution is 2.30. The number of hydrogen-bond acceptors (Lipinski definition) is 5. The molecule has 0 spiro atoms. The second kappa shape index (κ2) is 7.99. The summed E-state index contributed by atoms with van der Waals surface area (Å²) >= 11 is 13.4. The van der Waals surface area contributed by atoms with Crippen LogP contribution in [0.1, 0.15) is 5.56 Å². The Bertz CT molecular complexity index is 960. The molecule has 0 saturated carbocycles. The highest BCUT2D eigenvalue weighted by atomic mass is 35.5. The molecular formula is C17H15Cl2N5OS. The standard InChI is InChI=1S/C17H15Cl2N5OS/c1-10-3-2-4-12(7-10)21-15(25)9-26-17-23-22-16(24(17)20)13-8-11(18)5-6-14(13)19/h2-8H,9,20H2,1H3,(H,21,25). The lowest BCUT2D eigenvalue weighted by atomic mass is 10.2. The van der Waals surface area contributed by atoms with Crippen LogP contribution >= 0.6 is 35.0 Å². The van der Waals surface area contributed by atoms with Gasteiger partial charge in [-0.3, -0.25) is 4.79 Å². The van der Waals surface area contributed by atoms with E-state index < -0.39 is 0 Å². The number of aromatic nitrogens is 3. The van der Waals surface area contributed by atoms with Crippen LogP contribution in [0.2, 0.25) is 10.0 Å². The summed E-state index contributed by atoms with van der Waals surface area (Å²) in [5.41, 5.74) is 2.39. The number of amides is 1. The summed E-state index contributed by atoms with van der Waals surface area (Å²) in [5.74, 6) is 6.41. The molecule has 0 aliphatic rings. The van der Waals surface area contributed by atoms with E-state index in [1.807, 2.05) is 31.2 Å². The van der Waals surface area contributed by atoms with Crippen LogP contribution in [0.4, 0.5) is 5.69 Å². The minimum atomic E-state index is -0.161. The molecule has 0 aliphatic heterocycles. The molecule has 6 nitrogen and oxygen atoms in total. The summed E-state index contributed by atoms with van der Waals surface area (Å²) in [6.45, 7) is 1.96. The van der Waals surface area contributed by atoms with E-state index in [2.05, 4.69) is 15.5 Å². The number of nitrogens with two attached hydrogens (primary N) is 1. The van der Waals surface area contributed by atoms with Crippen molar-refractivity contribution in [3.8, 4) is 11.4 Å². The van der Waals surface area contributed by atoms with Crippen molar-refractivity contribution in [1.29, 1.82) is 0 Å². The average molecular weight is 408 g/mol. The average Bonchev–Trinajstić information content (AvgIpc) is 2.96. The lowest BCUT2D eigenvalue weighted by Gasteiger charge is -2.07. The van der Waals surface area contributed by atoms with Gasteiger partial charge in [-0.05, 0) is 42.8 Å². The van der Waals surface area contributed by atoms with Crippen molar-refractivity contribution in [3.05, 3.63) is 58.1 Å². The molecule has 26 heavy (non-hydrogen) atoms. The van der Waals surface area contributed by atoms with Gasteiger partial charge in [-0.15, -0.1) is 10.2 Å². The second-order valence-electron chi connectivity index (χ2n) is 5.51. The van der Waals surface area contributed by atoms with E-state index in [4.69, 9.17) is 29.0 Å². The van der Waals surface area contributed by atoms with Gasteiger partial charge in [0, 0.05) is 16.3 Å². The number of thioether (sulfide) groups is 1. The van der Waals surface area contributed by atoms with Crippen molar-refractivity contribution < 1.29 is 4.79 Å². The quantitative estimate of drug-likeness (QED) is 0.492. The number of benzene rings is 2. The van der Waals surface area contributed by atoms with Crippen molar-refractivity contribution in [1.82, 2.24) is 14.9 Å². The molecule has 0 saturated heterocycles. The number of carbonyl (C=O) groups excluding carboxylic acids is 1. The zero-order valence-corrected chi connectivity index (χ0v) is 16.1. The summed E-state index contributed by atoms with van der Waals surface area (Å²) in [7, 11) is 0. The number of rotatable bonds is 5. The number of halogens is 2. The number of hydrogen-bond donors (Lipinski definition) is 2. The van der Waals surface area contributed by atoms with E-state index >= 15 is 0 Å². The van der Waals surface area contributed by atoms with Crippen molar-refractivity contribution in [2.45, 2.75) is 12.1 Å². The molecule has 3 aromatic rings. The van der Waals surface area contributed by atoms with E-state index in [1.54, 1.807) is 18.2 Å². The molecule has 0 fully saturated rings. The van der Waals surface area contributed by atoms with E-state index in [0.717, 1.165) is 11.3 Å². The first-order chi connectivity index (χ1) is 12.4. The first-order valence-electron chi connectivity index (χ1n) is 7.59. The van der Waals surface area contributed by atoms with Crippen LogP contribution in [0.25, 0.3) is 11.4 Å². The lowest BCUT2D eigenvalue weighted by Crippen LogP contribution is -2.16. The Hall–Kier alpha value is -2.22. The van der Waals surface area contributed by atoms with Crippen LogP contribution in [0, 0.1) is 6.92 Å². The van der Waals surface area contributed by atoms with Gasteiger partial charge in [0.1, 0.15) is 0 Å². The third-order valence-electron chi connectivity index (χ3n) is 3.47. The molecule has 0 radical (unpaired) electrons. The van der Waals surface area contributed by atoms with Gasteiger partial charge in [0.25, 0.3) is 0 Å². The largest absolute Gasteiger partial charge is 0.335 e. The van der Waals surface area contributed by atoms with Crippen molar-refractivity contribution in [3.63, 3.8) is 0 Å².